The molecule has 0 aliphatic heterocycles. The minimum Gasteiger partial charge on any atom is -0.372 e. The predicted octanol–water partition coefficient (Wildman–Crippen LogP) is 2.72. The third kappa shape index (κ3) is 2.57. The van der Waals surface area contributed by atoms with Gasteiger partial charge in [0.2, 0.25) is 0 Å². The number of H-pyrrole nitrogens is 1. The van der Waals surface area contributed by atoms with Crippen LogP contribution in [0.5, 0.6) is 0 Å². The number of halogens is 2. The first-order chi connectivity index (χ1) is 8.58. The summed E-state index contributed by atoms with van der Waals surface area (Å²) < 4.78 is 13.2. The Morgan fingerprint density at radius 3 is 2.94 bits per heavy atom. The van der Waals surface area contributed by atoms with Crippen LogP contribution in [-0.4, -0.2) is 14.9 Å². The second-order valence-corrected chi connectivity index (χ2v) is 3.84. The first-order valence-corrected chi connectivity index (χ1v) is 5.31. The molecule has 94 valence electrons. The molecule has 1 aromatic heterocycles. The predicted molar refractivity (Wildman–Crippen MR) is 64.0 cm³/mol. The standard InChI is InChI=1S/C10H8ClFN4O2/c11-6-3-8(9(16(17)18)4-7(6)12)15-5-10-13-1-2-14-10/h1-4,15H,5H2,(H,13,14). The summed E-state index contributed by atoms with van der Waals surface area (Å²) in [6, 6.07) is 1.96. The highest BCUT2D eigenvalue weighted by molar-refractivity contribution is 6.31. The van der Waals surface area contributed by atoms with Crippen LogP contribution < -0.4 is 5.32 Å². The summed E-state index contributed by atoms with van der Waals surface area (Å²) in [5, 5.41) is 13.4. The molecule has 8 heteroatoms. The lowest BCUT2D eigenvalue weighted by atomic mass is 10.2. The van der Waals surface area contributed by atoms with E-state index in [0.717, 1.165) is 6.07 Å². The summed E-state index contributed by atoms with van der Waals surface area (Å²) in [5.41, 5.74) is -0.230. The van der Waals surface area contributed by atoms with Gasteiger partial charge in [0.1, 0.15) is 17.3 Å². The molecular weight excluding hydrogens is 263 g/mol. The van der Waals surface area contributed by atoms with Gasteiger partial charge in [0.25, 0.3) is 5.69 Å². The molecule has 0 atom stereocenters. The number of anilines is 1. The Balaban J connectivity index is 2.25. The second-order valence-electron chi connectivity index (χ2n) is 3.43. The van der Waals surface area contributed by atoms with E-state index >= 15 is 0 Å². The third-order valence-electron chi connectivity index (χ3n) is 2.24. The number of nitro groups is 1. The van der Waals surface area contributed by atoms with E-state index < -0.39 is 10.7 Å². The van der Waals surface area contributed by atoms with Crippen LogP contribution in [0.3, 0.4) is 0 Å². The highest BCUT2D eigenvalue weighted by Crippen LogP contribution is 2.30. The van der Waals surface area contributed by atoms with E-state index in [2.05, 4.69) is 15.3 Å². The van der Waals surface area contributed by atoms with Gasteiger partial charge in [-0.25, -0.2) is 9.37 Å². The SMILES string of the molecule is O=[N+]([O-])c1cc(F)c(Cl)cc1NCc1ncc[nH]1. The zero-order valence-corrected chi connectivity index (χ0v) is 9.74. The largest absolute Gasteiger partial charge is 0.372 e. The van der Waals surface area contributed by atoms with Crippen LogP contribution in [0.4, 0.5) is 15.8 Å². The fourth-order valence-corrected chi connectivity index (χ4v) is 1.57. The molecule has 0 radical (unpaired) electrons. The van der Waals surface area contributed by atoms with Gasteiger partial charge in [-0.05, 0) is 6.07 Å². The van der Waals surface area contributed by atoms with E-state index in [1.165, 1.54) is 6.07 Å². The highest BCUT2D eigenvalue weighted by Gasteiger charge is 2.17. The topological polar surface area (TPSA) is 83.8 Å². The number of benzene rings is 1. The number of aromatic amines is 1. The molecule has 0 unspecified atom stereocenters. The first-order valence-electron chi connectivity index (χ1n) is 4.93. The van der Waals surface area contributed by atoms with Crippen molar-refractivity contribution < 1.29 is 9.31 Å². The minimum atomic E-state index is -0.827. The van der Waals surface area contributed by atoms with Crippen molar-refractivity contribution in [1.82, 2.24) is 9.97 Å². The number of hydrogen-bond acceptors (Lipinski definition) is 4. The van der Waals surface area contributed by atoms with Crippen LogP contribution in [0.15, 0.2) is 24.5 Å². The van der Waals surface area contributed by atoms with Crippen LogP contribution in [0.2, 0.25) is 5.02 Å². The van der Waals surface area contributed by atoms with Crippen LogP contribution >= 0.6 is 11.6 Å². The van der Waals surface area contributed by atoms with Crippen LogP contribution in [0, 0.1) is 15.9 Å². The number of rotatable bonds is 4. The zero-order valence-electron chi connectivity index (χ0n) is 8.98. The maximum atomic E-state index is 13.2. The molecule has 1 aromatic carbocycles. The van der Waals surface area contributed by atoms with Crippen molar-refractivity contribution in [3.63, 3.8) is 0 Å². The molecule has 0 aliphatic rings. The Labute approximate surface area is 106 Å². The summed E-state index contributed by atoms with van der Waals surface area (Å²) in [7, 11) is 0. The van der Waals surface area contributed by atoms with Crippen molar-refractivity contribution in [3.05, 3.63) is 51.3 Å². The lowest BCUT2D eigenvalue weighted by Gasteiger charge is -2.06. The van der Waals surface area contributed by atoms with Gasteiger partial charge in [0.05, 0.1) is 22.6 Å². The van der Waals surface area contributed by atoms with E-state index in [1.807, 2.05) is 0 Å². The smallest absolute Gasteiger partial charge is 0.295 e. The molecule has 0 amide bonds. The normalized spacial score (nSPS) is 10.3. The van der Waals surface area contributed by atoms with Crippen molar-refractivity contribution >= 4 is 23.0 Å². The van der Waals surface area contributed by atoms with Crippen LogP contribution in [0.25, 0.3) is 0 Å². The van der Waals surface area contributed by atoms with Gasteiger partial charge >= 0.3 is 0 Å². The molecule has 0 saturated heterocycles. The quantitative estimate of drug-likeness (QED) is 0.661. The van der Waals surface area contributed by atoms with E-state index in [0.29, 0.717) is 5.82 Å². The van der Waals surface area contributed by atoms with Gasteiger partial charge in [0.15, 0.2) is 0 Å². The highest BCUT2D eigenvalue weighted by atomic mass is 35.5. The van der Waals surface area contributed by atoms with Gasteiger partial charge in [-0.15, -0.1) is 0 Å². The zero-order chi connectivity index (χ0) is 13.1. The molecule has 1 heterocycles. The molecule has 6 nitrogen and oxygen atoms in total. The Morgan fingerprint density at radius 1 is 1.56 bits per heavy atom. The van der Waals surface area contributed by atoms with Crippen LogP contribution in [-0.2, 0) is 6.54 Å². The van der Waals surface area contributed by atoms with E-state index in [-0.39, 0.29) is 22.9 Å². The number of nitro benzene ring substituents is 1. The summed E-state index contributed by atoms with van der Waals surface area (Å²) >= 11 is 5.59. The molecule has 0 fully saturated rings. The van der Waals surface area contributed by atoms with Gasteiger partial charge in [-0.3, -0.25) is 10.1 Å². The number of aromatic nitrogens is 2. The number of nitrogens with zero attached hydrogens (tertiary/aromatic N) is 2. The maximum absolute atomic E-state index is 13.2. The average Bonchev–Trinajstić information content (AvgIpc) is 2.83. The first kappa shape index (κ1) is 12.3. The molecule has 0 spiro atoms. The molecule has 0 bridgehead atoms. The van der Waals surface area contributed by atoms with Gasteiger partial charge in [-0.1, -0.05) is 11.6 Å². The molecule has 0 aliphatic carbocycles. The third-order valence-corrected chi connectivity index (χ3v) is 2.53. The van der Waals surface area contributed by atoms with Gasteiger partial charge in [-0.2, -0.15) is 0 Å². The number of hydrogen-bond donors (Lipinski definition) is 2. The lowest BCUT2D eigenvalue weighted by Crippen LogP contribution is -2.04. The van der Waals surface area contributed by atoms with Crippen molar-refractivity contribution in [2.75, 3.05) is 5.32 Å². The summed E-state index contributed by atoms with van der Waals surface area (Å²) in [4.78, 5) is 16.9. The molecule has 0 saturated carbocycles. The Morgan fingerprint density at radius 2 is 2.33 bits per heavy atom. The molecule has 18 heavy (non-hydrogen) atoms. The van der Waals surface area contributed by atoms with E-state index in [9.17, 15) is 14.5 Å². The maximum Gasteiger partial charge on any atom is 0.295 e. The second kappa shape index (κ2) is 5.01. The number of imidazole rings is 1. The lowest BCUT2D eigenvalue weighted by molar-refractivity contribution is -0.384. The molecule has 2 N–H and O–H groups in total. The number of nitrogens with one attached hydrogen (secondary N) is 2. The average molecular weight is 271 g/mol. The van der Waals surface area contributed by atoms with Crippen molar-refractivity contribution in [1.29, 1.82) is 0 Å². The van der Waals surface area contributed by atoms with Gasteiger partial charge < -0.3 is 10.3 Å². The summed E-state index contributed by atoms with van der Waals surface area (Å²) in [5.74, 6) is -0.225. The van der Waals surface area contributed by atoms with E-state index in [4.69, 9.17) is 11.6 Å². The van der Waals surface area contributed by atoms with Gasteiger partial charge in [0, 0.05) is 12.4 Å². The van der Waals surface area contributed by atoms with Crippen molar-refractivity contribution in [2.24, 2.45) is 0 Å². The Bertz CT molecular complexity index is 574. The van der Waals surface area contributed by atoms with Crippen LogP contribution in [0.1, 0.15) is 5.82 Å². The van der Waals surface area contributed by atoms with Crippen molar-refractivity contribution in [2.45, 2.75) is 6.54 Å². The minimum absolute atomic E-state index is 0.141. The monoisotopic (exact) mass is 270 g/mol. The fourth-order valence-electron chi connectivity index (χ4n) is 1.40. The molecule has 2 aromatic rings. The summed E-state index contributed by atoms with van der Waals surface area (Å²) in [6.07, 6.45) is 3.19. The van der Waals surface area contributed by atoms with E-state index in [1.54, 1.807) is 12.4 Å². The Hall–Kier alpha value is -2.15. The Kier molecular flexibility index (Phi) is 3.42. The van der Waals surface area contributed by atoms with Crippen molar-refractivity contribution in [3.8, 4) is 0 Å². The fraction of sp³-hybridized carbons (Fsp3) is 0.100. The molecular formula is C10H8ClFN4O2. The molecule has 2 rings (SSSR count). The summed E-state index contributed by atoms with van der Waals surface area (Å²) in [6.45, 7) is 0.246.